The smallest absolute Gasteiger partial charge is 0.323 e. The Morgan fingerprint density at radius 3 is 2.69 bits per heavy atom. The number of nitrogens with zero attached hydrogens (tertiary/aromatic N) is 2. The second kappa shape index (κ2) is 12.2. The first-order valence-electron chi connectivity index (χ1n) is 11.0. The zero-order valence-corrected chi connectivity index (χ0v) is 20.2. The number of hydrogen-bond acceptors (Lipinski definition) is 6. The molecule has 0 aliphatic heterocycles. The van der Waals surface area contributed by atoms with Crippen LogP contribution in [0.5, 0.6) is 0 Å². The Kier molecular flexibility index (Phi) is 9.37. The molecule has 1 aliphatic rings. The lowest BCUT2D eigenvalue weighted by Crippen LogP contribution is -2.46. The minimum absolute atomic E-state index is 0.0289. The third-order valence-electron chi connectivity index (χ3n) is 5.69. The van der Waals surface area contributed by atoms with E-state index in [4.69, 9.17) is 9.84 Å². The van der Waals surface area contributed by atoms with Gasteiger partial charge in [-0.1, -0.05) is 48.6 Å². The number of urea groups is 1. The van der Waals surface area contributed by atoms with Gasteiger partial charge in [-0.15, -0.1) is 11.8 Å². The Balaban J connectivity index is 1.59. The molecule has 32 heavy (non-hydrogen) atoms. The highest BCUT2D eigenvalue weighted by Gasteiger charge is 2.28. The van der Waals surface area contributed by atoms with Crippen molar-refractivity contribution >= 4 is 40.2 Å². The average Bonchev–Trinajstić information content (AvgIpc) is 3.23. The lowest BCUT2D eigenvalue weighted by atomic mass is 9.86. The quantitative estimate of drug-likeness (QED) is 0.439. The van der Waals surface area contributed by atoms with Gasteiger partial charge in [0.15, 0.2) is 5.13 Å². The molecule has 1 aliphatic carbocycles. The summed E-state index contributed by atoms with van der Waals surface area (Å²) in [7, 11) is 0. The van der Waals surface area contributed by atoms with Crippen LogP contribution in [-0.4, -0.2) is 51.9 Å². The van der Waals surface area contributed by atoms with E-state index in [0.717, 1.165) is 35.5 Å². The molecule has 2 amide bonds. The number of anilines is 1. The van der Waals surface area contributed by atoms with Crippen molar-refractivity contribution in [2.75, 3.05) is 24.2 Å². The Labute approximate surface area is 197 Å². The molecule has 2 aromatic rings. The van der Waals surface area contributed by atoms with Crippen molar-refractivity contribution in [1.82, 2.24) is 9.88 Å². The Hall–Kier alpha value is -2.10. The highest BCUT2D eigenvalue weighted by atomic mass is 32.2. The lowest BCUT2D eigenvalue weighted by molar-refractivity contribution is -0.133. The van der Waals surface area contributed by atoms with Gasteiger partial charge in [0.1, 0.15) is 0 Å². The summed E-state index contributed by atoms with van der Waals surface area (Å²) in [4.78, 5) is 30.0. The van der Waals surface area contributed by atoms with Crippen molar-refractivity contribution in [2.24, 2.45) is 5.92 Å². The molecule has 2 N–H and O–H groups in total. The van der Waals surface area contributed by atoms with Crippen LogP contribution in [0.15, 0.2) is 40.7 Å². The maximum absolute atomic E-state index is 13.1. The van der Waals surface area contributed by atoms with Crippen molar-refractivity contribution in [1.29, 1.82) is 0 Å². The van der Waals surface area contributed by atoms with Crippen LogP contribution in [-0.2, 0) is 9.53 Å². The standard InChI is InChI=1S/C23H31N3O4S2/c1-16-8-10-19(11-9-16)26(12-13-30-17(2)18-6-4-3-5-7-18)23(29)25-22-24-14-21(32-22)31-15-20(27)28/h3-7,14,16-17,19H,8-13,15H2,1-2H3,(H,27,28)(H,24,25,29)/t16-,17?,19-. The van der Waals surface area contributed by atoms with Gasteiger partial charge in [-0.3, -0.25) is 10.1 Å². The van der Waals surface area contributed by atoms with Crippen LogP contribution in [0.1, 0.15) is 51.2 Å². The fraction of sp³-hybridized carbons (Fsp3) is 0.522. The van der Waals surface area contributed by atoms with Crippen molar-refractivity contribution in [3.05, 3.63) is 42.1 Å². The number of thiazole rings is 1. The molecule has 0 radical (unpaired) electrons. The zero-order valence-electron chi connectivity index (χ0n) is 18.5. The first-order valence-corrected chi connectivity index (χ1v) is 12.8. The summed E-state index contributed by atoms with van der Waals surface area (Å²) in [5.74, 6) is -0.214. The molecule has 0 saturated heterocycles. The topological polar surface area (TPSA) is 91.8 Å². The summed E-state index contributed by atoms with van der Waals surface area (Å²) >= 11 is 2.49. The van der Waals surface area contributed by atoms with E-state index >= 15 is 0 Å². The van der Waals surface area contributed by atoms with Crippen molar-refractivity contribution in [3.63, 3.8) is 0 Å². The van der Waals surface area contributed by atoms with Crippen LogP contribution in [0.2, 0.25) is 0 Å². The van der Waals surface area contributed by atoms with E-state index in [1.165, 1.54) is 23.1 Å². The SMILES string of the molecule is CC(OCCN(C(=O)Nc1ncc(SCC(=O)O)s1)[C@H]1CC[C@H](C)CC1)c1ccccc1. The molecule has 3 rings (SSSR count). The molecule has 1 atom stereocenters. The normalized spacial score (nSPS) is 19.3. The highest BCUT2D eigenvalue weighted by Crippen LogP contribution is 2.30. The summed E-state index contributed by atoms with van der Waals surface area (Å²) in [6.07, 6.45) is 5.76. The molecule has 9 heteroatoms. The molecule has 1 aromatic carbocycles. The van der Waals surface area contributed by atoms with Gasteiger partial charge in [-0.2, -0.15) is 0 Å². The second-order valence-corrected chi connectivity index (χ2v) is 10.4. The van der Waals surface area contributed by atoms with Crippen LogP contribution in [0.4, 0.5) is 9.93 Å². The number of rotatable bonds is 10. The van der Waals surface area contributed by atoms with Crippen molar-refractivity contribution in [3.8, 4) is 0 Å². The number of ether oxygens (including phenoxy) is 1. The molecule has 0 spiro atoms. The monoisotopic (exact) mass is 477 g/mol. The summed E-state index contributed by atoms with van der Waals surface area (Å²) in [6.45, 7) is 5.24. The molecular formula is C23H31N3O4S2. The van der Waals surface area contributed by atoms with Gasteiger partial charge in [0.25, 0.3) is 0 Å². The summed E-state index contributed by atoms with van der Waals surface area (Å²) in [6, 6.07) is 10.1. The van der Waals surface area contributed by atoms with E-state index < -0.39 is 5.97 Å². The van der Waals surface area contributed by atoms with Gasteiger partial charge in [-0.25, -0.2) is 9.78 Å². The van der Waals surface area contributed by atoms with Gasteiger partial charge in [-0.05, 0) is 44.1 Å². The fourth-order valence-corrected chi connectivity index (χ4v) is 5.41. The van der Waals surface area contributed by atoms with E-state index in [2.05, 4.69) is 17.2 Å². The predicted molar refractivity (Wildman–Crippen MR) is 128 cm³/mol. The summed E-state index contributed by atoms with van der Waals surface area (Å²) < 4.78 is 6.80. The van der Waals surface area contributed by atoms with Gasteiger partial charge in [0.2, 0.25) is 0 Å². The van der Waals surface area contributed by atoms with Crippen LogP contribution in [0, 0.1) is 5.92 Å². The molecule has 0 bridgehead atoms. The third-order valence-corrected chi connectivity index (χ3v) is 7.78. The van der Waals surface area contributed by atoms with Crippen LogP contribution in [0.25, 0.3) is 0 Å². The molecule has 1 saturated carbocycles. The molecule has 7 nitrogen and oxygen atoms in total. The largest absolute Gasteiger partial charge is 0.481 e. The number of aliphatic carboxylic acids is 1. The molecule has 1 unspecified atom stereocenters. The average molecular weight is 478 g/mol. The maximum Gasteiger partial charge on any atom is 0.323 e. The maximum atomic E-state index is 13.1. The van der Waals surface area contributed by atoms with Gasteiger partial charge < -0.3 is 14.7 Å². The van der Waals surface area contributed by atoms with Gasteiger partial charge in [0, 0.05) is 12.6 Å². The second-order valence-electron chi connectivity index (χ2n) is 8.13. The fourth-order valence-electron chi connectivity index (χ4n) is 3.83. The van der Waals surface area contributed by atoms with E-state index in [-0.39, 0.29) is 23.9 Å². The first kappa shape index (κ1) is 24.5. The minimum atomic E-state index is -0.878. The van der Waals surface area contributed by atoms with Crippen molar-refractivity contribution in [2.45, 2.75) is 55.9 Å². The Morgan fingerprint density at radius 1 is 1.28 bits per heavy atom. The molecule has 174 valence electrons. The number of nitrogens with one attached hydrogen (secondary N) is 1. The van der Waals surface area contributed by atoms with Crippen LogP contribution >= 0.6 is 23.1 Å². The number of carboxylic acids is 1. The molecule has 1 heterocycles. The van der Waals surface area contributed by atoms with E-state index in [1.54, 1.807) is 6.20 Å². The summed E-state index contributed by atoms with van der Waals surface area (Å²) in [5, 5.41) is 12.2. The number of thioether (sulfide) groups is 1. The number of amides is 2. The van der Waals surface area contributed by atoms with Gasteiger partial charge in [0.05, 0.1) is 28.9 Å². The first-order chi connectivity index (χ1) is 15.4. The number of hydrogen-bond donors (Lipinski definition) is 2. The van der Waals surface area contributed by atoms with E-state index in [1.807, 2.05) is 42.2 Å². The van der Waals surface area contributed by atoms with E-state index in [0.29, 0.717) is 24.2 Å². The zero-order chi connectivity index (χ0) is 22.9. The van der Waals surface area contributed by atoms with Gasteiger partial charge >= 0.3 is 12.0 Å². The number of benzene rings is 1. The number of carbonyl (C=O) groups is 2. The number of carboxylic acid groups (broad SMARTS) is 1. The molecule has 1 fully saturated rings. The third kappa shape index (κ3) is 7.50. The van der Waals surface area contributed by atoms with E-state index in [9.17, 15) is 9.59 Å². The van der Waals surface area contributed by atoms with Crippen LogP contribution in [0.3, 0.4) is 0 Å². The molecule has 1 aromatic heterocycles. The minimum Gasteiger partial charge on any atom is -0.481 e. The Morgan fingerprint density at radius 2 is 2.00 bits per heavy atom. The molecular weight excluding hydrogens is 446 g/mol. The number of carbonyl (C=O) groups excluding carboxylic acids is 1. The summed E-state index contributed by atoms with van der Waals surface area (Å²) in [5.41, 5.74) is 1.11. The van der Waals surface area contributed by atoms with Crippen molar-refractivity contribution < 1.29 is 19.4 Å². The van der Waals surface area contributed by atoms with Crippen LogP contribution < -0.4 is 5.32 Å². The highest BCUT2D eigenvalue weighted by molar-refractivity contribution is 8.01. The Bertz CT molecular complexity index is 869. The predicted octanol–water partition coefficient (Wildman–Crippen LogP) is 5.51. The lowest BCUT2D eigenvalue weighted by Gasteiger charge is -2.36. The number of aromatic nitrogens is 1.